The topological polar surface area (TPSA) is 38.7 Å². The Labute approximate surface area is 311 Å². The van der Waals surface area contributed by atoms with Crippen LogP contribution in [0, 0.1) is 0 Å². The molecule has 0 unspecified atom stereocenters. The number of hydrogen-bond donors (Lipinski definition) is 0. The second-order valence-electron chi connectivity index (χ2n) is 13.0. The van der Waals surface area contributed by atoms with Crippen LogP contribution in [0.2, 0.25) is 0 Å². The summed E-state index contributed by atoms with van der Waals surface area (Å²) in [6.07, 6.45) is 6.34. The Bertz CT molecular complexity index is 2570. The van der Waals surface area contributed by atoms with E-state index < -0.39 is 0 Å². The summed E-state index contributed by atoms with van der Waals surface area (Å²) in [5, 5.41) is 2.43. The average molecular weight is 680 g/mol. The van der Waals surface area contributed by atoms with E-state index in [1.165, 1.54) is 21.9 Å². The highest BCUT2D eigenvalue weighted by molar-refractivity contribution is 5.95. The van der Waals surface area contributed by atoms with E-state index in [9.17, 15) is 0 Å². The van der Waals surface area contributed by atoms with Gasteiger partial charge in [0.1, 0.15) is 0 Å². The van der Waals surface area contributed by atoms with Gasteiger partial charge in [0.15, 0.2) is 17.5 Å². The molecule has 252 valence electrons. The van der Waals surface area contributed by atoms with Crippen molar-refractivity contribution in [1.29, 1.82) is 0 Å². The number of allylic oxidation sites excluding steroid dienone is 5. The number of hydrogen-bond acceptors (Lipinski definition) is 3. The third-order valence-electron chi connectivity index (χ3n) is 9.45. The Balaban J connectivity index is 1.06. The molecule has 0 N–H and O–H groups in total. The van der Waals surface area contributed by atoms with Gasteiger partial charge in [0.05, 0.1) is 0 Å². The molecule has 0 aliphatic rings. The lowest BCUT2D eigenvalue weighted by molar-refractivity contribution is 1.07. The molecule has 0 amide bonds. The van der Waals surface area contributed by atoms with Crippen molar-refractivity contribution in [2.45, 2.75) is 6.92 Å². The third-order valence-corrected chi connectivity index (χ3v) is 9.45. The number of nitrogens with zero attached hydrogens (tertiary/aromatic N) is 3. The van der Waals surface area contributed by atoms with Crippen molar-refractivity contribution in [2.75, 3.05) is 0 Å². The van der Waals surface area contributed by atoms with Crippen molar-refractivity contribution < 1.29 is 0 Å². The van der Waals surface area contributed by atoms with E-state index >= 15 is 0 Å². The Morgan fingerprint density at radius 3 is 1.55 bits per heavy atom. The summed E-state index contributed by atoms with van der Waals surface area (Å²) in [6, 6.07) is 60.8. The van der Waals surface area contributed by atoms with Crippen LogP contribution in [-0.2, 0) is 0 Å². The van der Waals surface area contributed by atoms with E-state index in [-0.39, 0.29) is 0 Å². The van der Waals surface area contributed by atoms with Crippen molar-refractivity contribution in [3.8, 4) is 56.4 Å². The van der Waals surface area contributed by atoms with Crippen molar-refractivity contribution in [3.05, 3.63) is 212 Å². The molecule has 0 aliphatic carbocycles. The minimum atomic E-state index is 0.639. The van der Waals surface area contributed by atoms with Crippen LogP contribution in [0.1, 0.15) is 18.1 Å². The Morgan fingerprint density at radius 2 is 0.906 bits per heavy atom. The molecule has 0 spiro atoms. The van der Waals surface area contributed by atoms with E-state index in [1.54, 1.807) is 0 Å². The Morgan fingerprint density at radius 1 is 0.453 bits per heavy atom. The molecule has 3 heteroatoms. The minimum absolute atomic E-state index is 0.639. The molecular formula is C50H37N3. The largest absolute Gasteiger partial charge is 0.208 e. The van der Waals surface area contributed by atoms with Gasteiger partial charge in [0, 0.05) is 16.7 Å². The quantitative estimate of drug-likeness (QED) is 0.143. The first-order valence-electron chi connectivity index (χ1n) is 17.8. The van der Waals surface area contributed by atoms with Crippen LogP contribution >= 0.6 is 0 Å². The summed E-state index contributed by atoms with van der Waals surface area (Å²) in [5.74, 6) is 1.94. The lowest BCUT2D eigenvalue weighted by atomic mass is 9.95. The maximum Gasteiger partial charge on any atom is 0.164 e. The highest BCUT2D eigenvalue weighted by Crippen LogP contribution is 2.32. The first-order valence-corrected chi connectivity index (χ1v) is 17.8. The van der Waals surface area contributed by atoms with Crippen LogP contribution in [0.4, 0.5) is 0 Å². The first kappa shape index (κ1) is 33.2. The molecule has 0 saturated heterocycles. The van der Waals surface area contributed by atoms with E-state index in [0.29, 0.717) is 17.5 Å². The summed E-state index contributed by atoms with van der Waals surface area (Å²) in [7, 11) is 0. The minimum Gasteiger partial charge on any atom is -0.208 e. The first-order chi connectivity index (χ1) is 26.1. The molecule has 7 aromatic carbocycles. The zero-order valence-corrected chi connectivity index (χ0v) is 29.5. The zero-order chi connectivity index (χ0) is 36.0. The maximum atomic E-state index is 4.95. The monoisotopic (exact) mass is 679 g/mol. The van der Waals surface area contributed by atoms with Gasteiger partial charge in [-0.05, 0) is 80.4 Å². The van der Waals surface area contributed by atoms with Crippen LogP contribution in [0.3, 0.4) is 0 Å². The third kappa shape index (κ3) is 7.42. The van der Waals surface area contributed by atoms with Crippen LogP contribution < -0.4 is 0 Å². The summed E-state index contributed by atoms with van der Waals surface area (Å²) in [5.41, 5.74) is 11.9. The fourth-order valence-electron chi connectivity index (χ4n) is 6.60. The molecule has 1 heterocycles. The molecule has 8 rings (SSSR count). The standard InChI is InChI=1S/C50H37N3/c1-35(16-11-17-36(2)46-31-15-23-37-18-9-10-30-47(37)46)40-24-12-25-41(32-40)42-26-13-27-43(33-42)44-28-14-29-45(34-44)50-52-48(38-19-5-3-6-20-38)51-49(53-50)39-21-7-4-8-22-39/h3-34H,2H2,1H3/b17-11-,35-16+. The molecule has 0 radical (unpaired) electrons. The van der Waals surface area contributed by atoms with Gasteiger partial charge in [-0.3, -0.25) is 0 Å². The van der Waals surface area contributed by atoms with Crippen molar-refractivity contribution in [3.63, 3.8) is 0 Å². The highest BCUT2D eigenvalue weighted by atomic mass is 15.0. The number of fused-ring (bicyclic) bond motifs is 1. The fourth-order valence-corrected chi connectivity index (χ4v) is 6.60. The lowest BCUT2D eigenvalue weighted by Gasteiger charge is -2.11. The molecule has 3 nitrogen and oxygen atoms in total. The molecule has 0 saturated carbocycles. The van der Waals surface area contributed by atoms with Gasteiger partial charge in [-0.1, -0.05) is 183 Å². The van der Waals surface area contributed by atoms with Crippen LogP contribution in [-0.4, -0.2) is 15.0 Å². The van der Waals surface area contributed by atoms with E-state index in [2.05, 4.69) is 147 Å². The average Bonchev–Trinajstić information content (AvgIpc) is 3.24. The zero-order valence-electron chi connectivity index (χ0n) is 29.5. The number of aromatic nitrogens is 3. The van der Waals surface area contributed by atoms with E-state index in [4.69, 9.17) is 15.0 Å². The predicted molar refractivity (Wildman–Crippen MR) is 223 cm³/mol. The molecule has 1 aromatic heterocycles. The maximum absolute atomic E-state index is 4.95. The SMILES string of the molecule is C=C(/C=C\C=C(/C)c1cccc(-c2cccc(-c3cccc(-c4nc(-c5ccccc5)nc(-c5ccccc5)n4)c3)c2)c1)c1cccc2ccccc12. The molecule has 0 aliphatic heterocycles. The van der Waals surface area contributed by atoms with Crippen molar-refractivity contribution in [2.24, 2.45) is 0 Å². The summed E-state index contributed by atoms with van der Waals surface area (Å²) >= 11 is 0. The van der Waals surface area contributed by atoms with E-state index in [0.717, 1.165) is 50.1 Å². The predicted octanol–water partition coefficient (Wildman–Crippen LogP) is 13.0. The summed E-state index contributed by atoms with van der Waals surface area (Å²) in [4.78, 5) is 14.8. The van der Waals surface area contributed by atoms with Gasteiger partial charge in [0.2, 0.25) is 0 Å². The van der Waals surface area contributed by atoms with E-state index in [1.807, 2.05) is 60.7 Å². The van der Waals surface area contributed by atoms with Crippen molar-refractivity contribution in [1.82, 2.24) is 15.0 Å². The van der Waals surface area contributed by atoms with Gasteiger partial charge < -0.3 is 0 Å². The second kappa shape index (κ2) is 15.1. The Hall–Kier alpha value is -6.97. The molecule has 0 fully saturated rings. The highest BCUT2D eigenvalue weighted by Gasteiger charge is 2.13. The van der Waals surface area contributed by atoms with Gasteiger partial charge in [-0.2, -0.15) is 0 Å². The van der Waals surface area contributed by atoms with Crippen molar-refractivity contribution >= 4 is 21.9 Å². The second-order valence-corrected chi connectivity index (χ2v) is 13.0. The summed E-state index contributed by atoms with van der Waals surface area (Å²) in [6.45, 7) is 6.51. The lowest BCUT2D eigenvalue weighted by Crippen LogP contribution is -2.00. The smallest absolute Gasteiger partial charge is 0.164 e. The molecule has 0 atom stereocenters. The molecule has 0 bridgehead atoms. The van der Waals surface area contributed by atoms with Crippen LogP contribution in [0.15, 0.2) is 201 Å². The van der Waals surface area contributed by atoms with Gasteiger partial charge in [0.25, 0.3) is 0 Å². The summed E-state index contributed by atoms with van der Waals surface area (Å²) < 4.78 is 0. The molecular weight excluding hydrogens is 643 g/mol. The number of benzene rings is 7. The van der Waals surface area contributed by atoms with Gasteiger partial charge in [-0.15, -0.1) is 0 Å². The Kier molecular flexibility index (Phi) is 9.46. The normalized spacial score (nSPS) is 11.6. The van der Waals surface area contributed by atoms with Gasteiger partial charge in [-0.25, -0.2) is 15.0 Å². The molecule has 53 heavy (non-hydrogen) atoms. The van der Waals surface area contributed by atoms with Crippen LogP contribution in [0.25, 0.3) is 78.3 Å². The molecule has 8 aromatic rings. The van der Waals surface area contributed by atoms with Crippen LogP contribution in [0.5, 0.6) is 0 Å². The number of rotatable bonds is 9. The van der Waals surface area contributed by atoms with Gasteiger partial charge >= 0.3 is 0 Å². The fraction of sp³-hybridized carbons (Fsp3) is 0.0200.